The second-order valence-corrected chi connectivity index (χ2v) is 5.99. The van der Waals surface area contributed by atoms with Crippen LogP contribution >= 0.6 is 11.3 Å². The number of aromatic nitrogens is 1. The number of hydrogen-bond donors (Lipinski definition) is 2. The lowest BCUT2D eigenvalue weighted by atomic mass is 10.0. The highest BCUT2D eigenvalue weighted by Crippen LogP contribution is 2.30. The number of aryl methyl sites for hydroxylation is 2. The lowest BCUT2D eigenvalue weighted by Crippen LogP contribution is -2.13. The van der Waals surface area contributed by atoms with Crippen LogP contribution in [0.25, 0.3) is 0 Å². The van der Waals surface area contributed by atoms with E-state index in [2.05, 4.69) is 10.3 Å². The normalized spacial score (nSPS) is 13.8. The van der Waals surface area contributed by atoms with Crippen LogP contribution < -0.4 is 11.1 Å². The standard InChI is InChI=1S/C14H13F2N3OS/c15-8-5-7(6-9(16)12(8)17)13(20)19-14-18-10-3-1-2-4-11(10)21-14/h5-6H,1-4,17H2,(H,18,19,20). The molecule has 1 aromatic heterocycles. The number of carbonyl (C=O) groups is 1. The van der Waals surface area contributed by atoms with Crippen molar-refractivity contribution in [3.05, 3.63) is 39.9 Å². The summed E-state index contributed by atoms with van der Waals surface area (Å²) >= 11 is 1.41. The highest BCUT2D eigenvalue weighted by Gasteiger charge is 2.18. The summed E-state index contributed by atoms with van der Waals surface area (Å²) < 4.78 is 26.7. The summed E-state index contributed by atoms with van der Waals surface area (Å²) in [5.74, 6) is -2.49. The maximum Gasteiger partial charge on any atom is 0.257 e. The van der Waals surface area contributed by atoms with Gasteiger partial charge < -0.3 is 5.73 Å². The van der Waals surface area contributed by atoms with Gasteiger partial charge in [-0.05, 0) is 37.8 Å². The van der Waals surface area contributed by atoms with Crippen LogP contribution in [0.4, 0.5) is 19.6 Å². The zero-order valence-corrected chi connectivity index (χ0v) is 11.9. The molecule has 3 rings (SSSR count). The molecule has 0 unspecified atom stereocenters. The van der Waals surface area contributed by atoms with Gasteiger partial charge in [-0.2, -0.15) is 0 Å². The third-order valence-corrected chi connectivity index (χ3v) is 4.48. The number of hydrogen-bond acceptors (Lipinski definition) is 4. The third kappa shape index (κ3) is 2.73. The van der Waals surface area contributed by atoms with Crippen molar-refractivity contribution in [1.29, 1.82) is 0 Å². The van der Waals surface area contributed by atoms with E-state index in [1.807, 2.05) is 0 Å². The zero-order chi connectivity index (χ0) is 15.0. The van der Waals surface area contributed by atoms with Gasteiger partial charge in [-0.15, -0.1) is 11.3 Å². The molecule has 0 fully saturated rings. The molecule has 2 aromatic rings. The molecule has 1 aromatic carbocycles. The summed E-state index contributed by atoms with van der Waals surface area (Å²) in [6, 6.07) is 1.84. The van der Waals surface area contributed by atoms with E-state index in [-0.39, 0.29) is 5.56 Å². The predicted octanol–water partition coefficient (Wildman–Crippen LogP) is 3.13. The molecule has 4 nitrogen and oxygen atoms in total. The van der Waals surface area contributed by atoms with Crippen LogP contribution in [0.15, 0.2) is 12.1 Å². The van der Waals surface area contributed by atoms with Crippen molar-refractivity contribution in [2.75, 3.05) is 11.1 Å². The lowest BCUT2D eigenvalue weighted by Gasteiger charge is -2.06. The minimum absolute atomic E-state index is 0.118. The molecular formula is C14H13F2N3OS. The molecule has 0 aliphatic heterocycles. The van der Waals surface area contributed by atoms with Crippen LogP contribution in [0.5, 0.6) is 0 Å². The Morgan fingerprint density at radius 3 is 2.57 bits per heavy atom. The molecule has 0 saturated carbocycles. The average Bonchev–Trinajstić information content (AvgIpc) is 2.86. The first-order valence-corrected chi connectivity index (χ1v) is 7.40. The third-order valence-electron chi connectivity index (χ3n) is 3.41. The van der Waals surface area contributed by atoms with Crippen LogP contribution in [-0.2, 0) is 12.8 Å². The van der Waals surface area contributed by atoms with E-state index >= 15 is 0 Å². The van der Waals surface area contributed by atoms with E-state index in [0.29, 0.717) is 5.13 Å². The number of nitrogens with two attached hydrogens (primary N) is 1. The Bertz CT molecular complexity index is 668. The number of thiazole rings is 1. The number of nitrogens with one attached hydrogen (secondary N) is 1. The van der Waals surface area contributed by atoms with E-state index < -0.39 is 23.2 Å². The van der Waals surface area contributed by atoms with Gasteiger partial charge in [0.05, 0.1) is 5.69 Å². The minimum Gasteiger partial charge on any atom is -0.394 e. The highest BCUT2D eigenvalue weighted by molar-refractivity contribution is 7.15. The predicted molar refractivity (Wildman–Crippen MR) is 77.5 cm³/mol. The maximum absolute atomic E-state index is 13.4. The van der Waals surface area contributed by atoms with Crippen LogP contribution in [-0.4, -0.2) is 10.9 Å². The molecule has 0 spiro atoms. The second-order valence-electron chi connectivity index (χ2n) is 4.90. The zero-order valence-electron chi connectivity index (χ0n) is 11.1. The fourth-order valence-corrected chi connectivity index (χ4v) is 3.34. The lowest BCUT2D eigenvalue weighted by molar-refractivity contribution is 0.102. The Hall–Kier alpha value is -2.02. The number of fused-ring (bicyclic) bond motifs is 1. The van der Waals surface area contributed by atoms with Crippen molar-refractivity contribution >= 4 is 28.1 Å². The van der Waals surface area contributed by atoms with Crippen LogP contribution in [0.1, 0.15) is 33.8 Å². The number of amides is 1. The maximum atomic E-state index is 13.4. The van der Waals surface area contributed by atoms with Gasteiger partial charge in [0.2, 0.25) is 0 Å². The van der Waals surface area contributed by atoms with Crippen molar-refractivity contribution in [3.63, 3.8) is 0 Å². The van der Waals surface area contributed by atoms with Crippen LogP contribution in [0.2, 0.25) is 0 Å². The molecule has 1 amide bonds. The largest absolute Gasteiger partial charge is 0.394 e. The topological polar surface area (TPSA) is 68.0 Å². The van der Waals surface area contributed by atoms with Crippen LogP contribution in [0.3, 0.4) is 0 Å². The van der Waals surface area contributed by atoms with Gasteiger partial charge in [-0.3, -0.25) is 10.1 Å². The van der Waals surface area contributed by atoms with E-state index in [0.717, 1.165) is 43.5 Å². The first-order valence-electron chi connectivity index (χ1n) is 6.59. The molecule has 0 radical (unpaired) electrons. The van der Waals surface area contributed by atoms with Crippen molar-refractivity contribution in [1.82, 2.24) is 4.98 Å². The first-order chi connectivity index (χ1) is 10.0. The Morgan fingerprint density at radius 1 is 1.24 bits per heavy atom. The summed E-state index contributed by atoms with van der Waals surface area (Å²) in [6.07, 6.45) is 4.09. The van der Waals surface area contributed by atoms with Crippen molar-refractivity contribution < 1.29 is 13.6 Å². The summed E-state index contributed by atoms with van der Waals surface area (Å²) in [7, 11) is 0. The van der Waals surface area contributed by atoms with E-state index in [4.69, 9.17) is 5.73 Å². The van der Waals surface area contributed by atoms with Crippen molar-refractivity contribution in [2.24, 2.45) is 0 Å². The molecule has 0 saturated heterocycles. The Morgan fingerprint density at radius 2 is 1.90 bits per heavy atom. The quantitative estimate of drug-likeness (QED) is 0.837. The van der Waals surface area contributed by atoms with Crippen LogP contribution in [0, 0.1) is 11.6 Å². The molecule has 110 valence electrons. The number of nitrogen functional groups attached to an aromatic ring is 1. The number of nitrogens with zero attached hydrogens (tertiary/aromatic N) is 1. The SMILES string of the molecule is Nc1c(F)cc(C(=O)Nc2nc3c(s2)CCCC3)cc1F. The van der Waals surface area contributed by atoms with Crippen molar-refractivity contribution in [3.8, 4) is 0 Å². The fourth-order valence-electron chi connectivity index (χ4n) is 2.29. The molecule has 1 aliphatic carbocycles. The summed E-state index contributed by atoms with van der Waals surface area (Å²) in [5.41, 5.74) is 5.48. The van der Waals surface area contributed by atoms with Gasteiger partial charge in [0.1, 0.15) is 17.3 Å². The monoisotopic (exact) mass is 309 g/mol. The molecule has 3 N–H and O–H groups in total. The Kier molecular flexibility index (Phi) is 3.59. The number of anilines is 2. The van der Waals surface area contributed by atoms with Gasteiger partial charge in [0.25, 0.3) is 5.91 Å². The average molecular weight is 309 g/mol. The van der Waals surface area contributed by atoms with Gasteiger partial charge in [-0.25, -0.2) is 13.8 Å². The fraction of sp³-hybridized carbons (Fsp3) is 0.286. The number of halogens is 2. The summed E-state index contributed by atoms with van der Waals surface area (Å²) in [5, 5.41) is 3.05. The highest BCUT2D eigenvalue weighted by atomic mass is 32.1. The molecular weight excluding hydrogens is 296 g/mol. The number of benzene rings is 1. The Balaban J connectivity index is 1.81. The van der Waals surface area contributed by atoms with Gasteiger partial charge in [0, 0.05) is 10.4 Å². The van der Waals surface area contributed by atoms with E-state index in [1.54, 1.807) is 0 Å². The van der Waals surface area contributed by atoms with E-state index in [9.17, 15) is 13.6 Å². The molecule has 21 heavy (non-hydrogen) atoms. The minimum atomic E-state index is -0.946. The molecule has 0 atom stereocenters. The summed E-state index contributed by atoms with van der Waals surface area (Å²) in [6.45, 7) is 0. The number of carbonyl (C=O) groups excluding carboxylic acids is 1. The molecule has 0 bridgehead atoms. The number of rotatable bonds is 2. The summed E-state index contributed by atoms with van der Waals surface area (Å²) in [4.78, 5) is 17.5. The second kappa shape index (κ2) is 5.40. The molecule has 1 aliphatic rings. The molecule has 7 heteroatoms. The first kappa shape index (κ1) is 13.9. The van der Waals surface area contributed by atoms with Gasteiger partial charge >= 0.3 is 0 Å². The smallest absolute Gasteiger partial charge is 0.257 e. The van der Waals surface area contributed by atoms with Gasteiger partial charge in [0.15, 0.2) is 5.13 Å². The molecule has 1 heterocycles. The van der Waals surface area contributed by atoms with Gasteiger partial charge in [-0.1, -0.05) is 0 Å². The Labute approximate surface area is 124 Å². The van der Waals surface area contributed by atoms with E-state index in [1.165, 1.54) is 16.2 Å². The van der Waals surface area contributed by atoms with Crippen molar-refractivity contribution in [2.45, 2.75) is 25.7 Å².